The molecule has 1 atom stereocenters. The van der Waals surface area contributed by atoms with Crippen LogP contribution in [-0.2, 0) is 4.79 Å². The Kier molecular flexibility index (Phi) is 8.19. The first kappa shape index (κ1) is 17.7. The summed E-state index contributed by atoms with van der Waals surface area (Å²) in [6.45, 7) is 6.82. The molecule has 0 aliphatic rings. The standard InChI is InChI=1S/C14H22N2O2.ClH/c1-10(2)12-6-4-5-7-13(12)18-9-8-16-14(17)11(3)15;/h4-7,10-11H,8-9,15H2,1-3H3,(H,16,17);1H/t11-;/m1./s1. The summed E-state index contributed by atoms with van der Waals surface area (Å²) in [6, 6.07) is 7.47. The fraction of sp³-hybridized carbons (Fsp3) is 0.500. The van der Waals surface area contributed by atoms with E-state index in [4.69, 9.17) is 10.5 Å². The van der Waals surface area contributed by atoms with Crippen LogP contribution in [-0.4, -0.2) is 25.1 Å². The predicted octanol–water partition coefficient (Wildman–Crippen LogP) is 2.07. The summed E-state index contributed by atoms with van der Waals surface area (Å²) in [6.07, 6.45) is 0. The summed E-state index contributed by atoms with van der Waals surface area (Å²) in [7, 11) is 0. The average molecular weight is 287 g/mol. The zero-order valence-corrected chi connectivity index (χ0v) is 12.5. The van der Waals surface area contributed by atoms with E-state index in [-0.39, 0.29) is 18.3 Å². The lowest BCUT2D eigenvalue weighted by Gasteiger charge is -2.14. The normalized spacial score (nSPS) is 11.6. The number of carbonyl (C=O) groups is 1. The first-order valence-electron chi connectivity index (χ1n) is 6.27. The molecule has 3 N–H and O–H groups in total. The smallest absolute Gasteiger partial charge is 0.236 e. The number of rotatable bonds is 6. The lowest BCUT2D eigenvalue weighted by atomic mass is 10.0. The number of carbonyl (C=O) groups excluding carboxylic acids is 1. The van der Waals surface area contributed by atoms with Gasteiger partial charge in [-0.25, -0.2) is 0 Å². The monoisotopic (exact) mass is 286 g/mol. The third-order valence-corrected chi connectivity index (χ3v) is 2.61. The highest BCUT2D eigenvalue weighted by atomic mass is 35.5. The van der Waals surface area contributed by atoms with Crippen molar-refractivity contribution < 1.29 is 9.53 Å². The van der Waals surface area contributed by atoms with Gasteiger partial charge in [0, 0.05) is 0 Å². The second-order valence-corrected chi connectivity index (χ2v) is 4.62. The number of hydrogen-bond donors (Lipinski definition) is 2. The van der Waals surface area contributed by atoms with Gasteiger partial charge in [-0.15, -0.1) is 12.4 Å². The Balaban J connectivity index is 0.00000324. The number of ether oxygens (including phenoxy) is 1. The van der Waals surface area contributed by atoms with Crippen molar-refractivity contribution in [3.63, 3.8) is 0 Å². The molecule has 1 aromatic carbocycles. The van der Waals surface area contributed by atoms with Crippen LogP contribution >= 0.6 is 12.4 Å². The Morgan fingerprint density at radius 3 is 2.53 bits per heavy atom. The summed E-state index contributed by atoms with van der Waals surface area (Å²) in [4.78, 5) is 11.2. The fourth-order valence-electron chi connectivity index (χ4n) is 1.59. The van der Waals surface area contributed by atoms with Crippen LogP contribution in [0.2, 0.25) is 0 Å². The van der Waals surface area contributed by atoms with Crippen molar-refractivity contribution >= 4 is 18.3 Å². The number of halogens is 1. The van der Waals surface area contributed by atoms with Gasteiger partial charge in [0.1, 0.15) is 12.4 Å². The molecule has 0 aliphatic heterocycles. The molecule has 0 unspecified atom stereocenters. The highest BCUT2D eigenvalue weighted by molar-refractivity contribution is 5.85. The van der Waals surface area contributed by atoms with Crippen LogP contribution in [0, 0.1) is 0 Å². The van der Waals surface area contributed by atoms with E-state index < -0.39 is 6.04 Å². The van der Waals surface area contributed by atoms with Gasteiger partial charge in [-0.05, 0) is 24.5 Å². The minimum atomic E-state index is -0.479. The van der Waals surface area contributed by atoms with Crippen molar-refractivity contribution in [2.75, 3.05) is 13.2 Å². The van der Waals surface area contributed by atoms with Crippen LogP contribution in [0.25, 0.3) is 0 Å². The Bertz CT molecular complexity index is 395. The minimum absolute atomic E-state index is 0. The van der Waals surface area contributed by atoms with Gasteiger partial charge in [-0.3, -0.25) is 4.79 Å². The van der Waals surface area contributed by atoms with Gasteiger partial charge >= 0.3 is 0 Å². The van der Waals surface area contributed by atoms with Crippen molar-refractivity contribution in [3.05, 3.63) is 29.8 Å². The Labute approximate surface area is 121 Å². The molecule has 0 fully saturated rings. The zero-order chi connectivity index (χ0) is 13.5. The van der Waals surface area contributed by atoms with Crippen molar-refractivity contribution in [1.29, 1.82) is 0 Å². The Morgan fingerprint density at radius 1 is 1.32 bits per heavy atom. The maximum Gasteiger partial charge on any atom is 0.236 e. The number of hydrogen-bond acceptors (Lipinski definition) is 3. The first-order valence-corrected chi connectivity index (χ1v) is 6.27. The van der Waals surface area contributed by atoms with Gasteiger partial charge in [0.15, 0.2) is 0 Å². The quantitative estimate of drug-likeness (QED) is 0.787. The van der Waals surface area contributed by atoms with E-state index in [9.17, 15) is 4.79 Å². The molecule has 19 heavy (non-hydrogen) atoms. The van der Waals surface area contributed by atoms with E-state index >= 15 is 0 Å². The third kappa shape index (κ3) is 5.94. The lowest BCUT2D eigenvalue weighted by Crippen LogP contribution is -2.40. The topological polar surface area (TPSA) is 64.3 Å². The van der Waals surface area contributed by atoms with E-state index in [0.717, 1.165) is 5.75 Å². The van der Waals surface area contributed by atoms with E-state index in [1.165, 1.54) is 5.56 Å². The van der Waals surface area contributed by atoms with Crippen LogP contribution in [0.1, 0.15) is 32.3 Å². The fourth-order valence-corrected chi connectivity index (χ4v) is 1.59. The van der Waals surface area contributed by atoms with E-state index in [1.807, 2.05) is 18.2 Å². The molecule has 0 radical (unpaired) electrons. The second-order valence-electron chi connectivity index (χ2n) is 4.62. The summed E-state index contributed by atoms with van der Waals surface area (Å²) in [5.74, 6) is 1.14. The van der Waals surface area contributed by atoms with Gasteiger partial charge in [-0.2, -0.15) is 0 Å². The molecule has 0 bridgehead atoms. The van der Waals surface area contributed by atoms with Crippen LogP contribution < -0.4 is 15.8 Å². The molecule has 5 heteroatoms. The van der Waals surface area contributed by atoms with Gasteiger partial charge in [0.05, 0.1) is 12.6 Å². The molecule has 0 spiro atoms. The van der Waals surface area contributed by atoms with Crippen molar-refractivity contribution in [2.24, 2.45) is 5.73 Å². The van der Waals surface area contributed by atoms with Crippen molar-refractivity contribution in [1.82, 2.24) is 5.32 Å². The molecule has 0 heterocycles. The third-order valence-electron chi connectivity index (χ3n) is 2.61. The van der Waals surface area contributed by atoms with Crippen LogP contribution in [0.15, 0.2) is 24.3 Å². The van der Waals surface area contributed by atoms with Gasteiger partial charge in [0.25, 0.3) is 0 Å². The highest BCUT2D eigenvalue weighted by Crippen LogP contribution is 2.25. The molecular weight excluding hydrogens is 264 g/mol. The number of nitrogens with one attached hydrogen (secondary N) is 1. The van der Waals surface area contributed by atoms with Crippen LogP contribution in [0.3, 0.4) is 0 Å². The van der Waals surface area contributed by atoms with Crippen molar-refractivity contribution in [2.45, 2.75) is 32.7 Å². The summed E-state index contributed by atoms with van der Waals surface area (Å²) in [5, 5.41) is 2.71. The molecule has 1 amide bonds. The number of amides is 1. The van der Waals surface area contributed by atoms with Crippen molar-refractivity contribution in [3.8, 4) is 5.75 Å². The van der Waals surface area contributed by atoms with E-state index in [1.54, 1.807) is 6.92 Å². The van der Waals surface area contributed by atoms with E-state index in [2.05, 4.69) is 25.2 Å². The first-order chi connectivity index (χ1) is 8.52. The summed E-state index contributed by atoms with van der Waals surface area (Å²) >= 11 is 0. The van der Waals surface area contributed by atoms with Crippen LogP contribution in [0.4, 0.5) is 0 Å². The average Bonchev–Trinajstić information content (AvgIpc) is 2.34. The Morgan fingerprint density at radius 2 is 1.95 bits per heavy atom. The molecule has 108 valence electrons. The molecular formula is C14H23ClN2O2. The lowest BCUT2D eigenvalue weighted by molar-refractivity contribution is -0.122. The zero-order valence-electron chi connectivity index (χ0n) is 11.7. The predicted molar refractivity (Wildman–Crippen MR) is 79.9 cm³/mol. The largest absolute Gasteiger partial charge is 0.491 e. The molecule has 0 aromatic heterocycles. The minimum Gasteiger partial charge on any atom is -0.491 e. The SMILES string of the molecule is CC(C)c1ccccc1OCCNC(=O)[C@@H](C)N.Cl. The van der Waals surface area contributed by atoms with Crippen LogP contribution in [0.5, 0.6) is 5.75 Å². The summed E-state index contributed by atoms with van der Waals surface area (Å²) in [5.41, 5.74) is 6.62. The summed E-state index contributed by atoms with van der Waals surface area (Å²) < 4.78 is 5.67. The molecule has 0 aliphatic carbocycles. The van der Waals surface area contributed by atoms with Gasteiger partial charge < -0.3 is 15.8 Å². The molecule has 0 saturated carbocycles. The maximum atomic E-state index is 11.2. The number of benzene rings is 1. The van der Waals surface area contributed by atoms with Gasteiger partial charge in [0.2, 0.25) is 5.91 Å². The molecule has 4 nitrogen and oxygen atoms in total. The molecule has 1 rings (SSSR count). The van der Waals surface area contributed by atoms with E-state index in [0.29, 0.717) is 19.1 Å². The molecule has 0 saturated heterocycles. The second kappa shape index (κ2) is 8.77. The number of nitrogens with two attached hydrogens (primary N) is 1. The maximum absolute atomic E-state index is 11.2. The Hall–Kier alpha value is -1.26. The molecule has 1 aromatic rings. The van der Waals surface area contributed by atoms with Gasteiger partial charge in [-0.1, -0.05) is 32.0 Å². The number of para-hydroxylation sites is 1. The highest BCUT2D eigenvalue weighted by Gasteiger charge is 2.08.